The van der Waals surface area contributed by atoms with Crippen LogP contribution in [-0.2, 0) is 29.0 Å². The maximum Gasteiger partial charge on any atom is 0.191 e. The minimum Gasteiger partial charge on any atom is -0.381 e. The van der Waals surface area contributed by atoms with Crippen LogP contribution in [0, 0.1) is 6.92 Å². The molecular weight excluding hydrogens is 412 g/mol. The van der Waals surface area contributed by atoms with Gasteiger partial charge in [-0.2, -0.15) is 0 Å². The molecule has 1 aromatic heterocycles. The minimum absolute atomic E-state index is 0.311. The number of para-hydroxylation sites is 1. The van der Waals surface area contributed by atoms with Gasteiger partial charge in [0.15, 0.2) is 5.96 Å². The molecule has 3 N–H and O–H groups in total. The topological polar surface area (TPSA) is 70.7 Å². The number of nitrogens with one attached hydrogen (secondary N) is 3. The van der Waals surface area contributed by atoms with E-state index in [0.717, 1.165) is 51.5 Å². The number of hydrogen-bond acceptors (Lipinski definition) is 3. The van der Waals surface area contributed by atoms with Crippen molar-refractivity contribution < 1.29 is 9.47 Å². The van der Waals surface area contributed by atoms with E-state index in [1.807, 2.05) is 0 Å². The third kappa shape index (κ3) is 6.59. The van der Waals surface area contributed by atoms with Crippen molar-refractivity contribution in [2.75, 3.05) is 26.3 Å². The molecule has 2 aromatic carbocycles. The number of aryl methyl sites for hydroxylation is 1. The number of rotatable bonds is 9. The van der Waals surface area contributed by atoms with Crippen molar-refractivity contribution in [3.8, 4) is 0 Å². The smallest absolute Gasteiger partial charge is 0.191 e. The van der Waals surface area contributed by atoms with Gasteiger partial charge in [0.2, 0.25) is 0 Å². The number of ether oxygens (including phenoxy) is 2. The molecule has 33 heavy (non-hydrogen) atoms. The summed E-state index contributed by atoms with van der Waals surface area (Å²) in [5.74, 6) is 0.846. The van der Waals surface area contributed by atoms with E-state index in [1.165, 1.54) is 33.3 Å². The zero-order valence-corrected chi connectivity index (χ0v) is 19.8. The highest BCUT2D eigenvalue weighted by Crippen LogP contribution is 2.22. The third-order valence-corrected chi connectivity index (χ3v) is 6.10. The summed E-state index contributed by atoms with van der Waals surface area (Å²) in [6.07, 6.45) is 3.23. The lowest BCUT2D eigenvalue weighted by Crippen LogP contribution is -2.38. The van der Waals surface area contributed by atoms with Gasteiger partial charge in [-0.15, -0.1) is 0 Å². The van der Waals surface area contributed by atoms with Crippen LogP contribution in [0.1, 0.15) is 42.1 Å². The molecule has 176 valence electrons. The van der Waals surface area contributed by atoms with Gasteiger partial charge >= 0.3 is 0 Å². The van der Waals surface area contributed by atoms with Crippen molar-refractivity contribution in [1.82, 2.24) is 15.6 Å². The lowest BCUT2D eigenvalue weighted by molar-refractivity contribution is -0.0390. The van der Waals surface area contributed by atoms with Gasteiger partial charge < -0.3 is 25.1 Å². The van der Waals surface area contributed by atoms with Gasteiger partial charge in [0.1, 0.15) is 0 Å². The van der Waals surface area contributed by atoms with Crippen LogP contribution in [0.5, 0.6) is 0 Å². The summed E-state index contributed by atoms with van der Waals surface area (Å²) in [6.45, 7) is 8.78. The second-order valence-corrected chi connectivity index (χ2v) is 8.59. The second kappa shape index (κ2) is 11.9. The Morgan fingerprint density at radius 3 is 2.76 bits per heavy atom. The molecule has 6 heteroatoms. The summed E-state index contributed by atoms with van der Waals surface area (Å²) < 4.78 is 11.5. The molecule has 2 heterocycles. The van der Waals surface area contributed by atoms with Crippen molar-refractivity contribution in [2.45, 2.75) is 52.4 Å². The van der Waals surface area contributed by atoms with Crippen molar-refractivity contribution >= 4 is 16.9 Å². The maximum absolute atomic E-state index is 6.07. The number of benzene rings is 2. The zero-order chi connectivity index (χ0) is 22.9. The van der Waals surface area contributed by atoms with Crippen LogP contribution in [0.2, 0.25) is 0 Å². The number of nitrogens with zero attached hydrogens (tertiary/aromatic N) is 1. The molecule has 6 nitrogen and oxygen atoms in total. The first kappa shape index (κ1) is 23.3. The fraction of sp³-hybridized carbons (Fsp3) is 0.444. The molecule has 1 aliphatic heterocycles. The van der Waals surface area contributed by atoms with Gasteiger partial charge in [-0.3, -0.25) is 0 Å². The Hall–Kier alpha value is -2.83. The van der Waals surface area contributed by atoms with E-state index in [0.29, 0.717) is 19.3 Å². The molecule has 0 saturated carbocycles. The number of aromatic amines is 1. The molecule has 3 aromatic rings. The van der Waals surface area contributed by atoms with Crippen molar-refractivity contribution in [3.05, 3.63) is 70.9 Å². The number of hydrogen-bond donors (Lipinski definition) is 3. The van der Waals surface area contributed by atoms with Gasteiger partial charge in [0.25, 0.3) is 0 Å². The van der Waals surface area contributed by atoms with E-state index in [4.69, 9.17) is 14.5 Å². The maximum atomic E-state index is 6.07. The standard InChI is InChI=1S/C27H36N4O2/c1-3-28-27(29-14-11-24-20(2)31-26-10-5-4-9-25(24)26)30-18-21-7-6-8-22(17-21)19-33-23-12-15-32-16-13-23/h4-10,17,23,31H,3,11-16,18-19H2,1-2H3,(H2,28,29,30). The molecule has 0 unspecified atom stereocenters. The van der Waals surface area contributed by atoms with Crippen LogP contribution in [0.25, 0.3) is 10.9 Å². The Morgan fingerprint density at radius 1 is 1.09 bits per heavy atom. The van der Waals surface area contributed by atoms with Gasteiger partial charge in [-0.05, 0) is 55.9 Å². The van der Waals surface area contributed by atoms with E-state index >= 15 is 0 Å². The molecule has 1 saturated heterocycles. The lowest BCUT2D eigenvalue weighted by Gasteiger charge is -2.22. The normalized spacial score (nSPS) is 15.2. The Labute approximate surface area is 196 Å². The predicted octanol–water partition coefficient (Wildman–Crippen LogP) is 4.47. The molecule has 0 bridgehead atoms. The first-order valence-electron chi connectivity index (χ1n) is 12.1. The summed E-state index contributed by atoms with van der Waals surface area (Å²) in [7, 11) is 0. The van der Waals surface area contributed by atoms with Gasteiger partial charge in [0.05, 0.1) is 19.3 Å². The lowest BCUT2D eigenvalue weighted by atomic mass is 10.1. The van der Waals surface area contributed by atoms with Gasteiger partial charge in [0, 0.05) is 42.9 Å². The Bertz CT molecular complexity index is 1050. The number of guanidine groups is 1. The molecule has 1 aliphatic rings. The average Bonchev–Trinajstić information content (AvgIpc) is 3.17. The predicted molar refractivity (Wildman–Crippen MR) is 135 cm³/mol. The van der Waals surface area contributed by atoms with E-state index in [1.54, 1.807) is 0 Å². The van der Waals surface area contributed by atoms with Crippen molar-refractivity contribution in [1.29, 1.82) is 0 Å². The van der Waals surface area contributed by atoms with Crippen molar-refractivity contribution in [3.63, 3.8) is 0 Å². The molecule has 4 rings (SSSR count). The van der Waals surface area contributed by atoms with E-state index in [2.05, 4.69) is 78.0 Å². The Balaban J connectivity index is 1.31. The summed E-state index contributed by atoms with van der Waals surface area (Å²) >= 11 is 0. The Kier molecular flexibility index (Phi) is 8.39. The first-order chi connectivity index (χ1) is 16.2. The fourth-order valence-electron chi connectivity index (χ4n) is 4.35. The Morgan fingerprint density at radius 2 is 1.91 bits per heavy atom. The number of H-pyrrole nitrogens is 1. The van der Waals surface area contributed by atoms with Crippen LogP contribution >= 0.6 is 0 Å². The molecule has 1 fully saturated rings. The first-order valence-corrected chi connectivity index (χ1v) is 12.1. The van der Waals surface area contributed by atoms with Crippen LogP contribution in [0.4, 0.5) is 0 Å². The third-order valence-electron chi connectivity index (χ3n) is 6.10. The summed E-state index contributed by atoms with van der Waals surface area (Å²) in [5, 5.41) is 8.16. The van der Waals surface area contributed by atoms with E-state index in [9.17, 15) is 0 Å². The molecule has 0 amide bonds. The average molecular weight is 449 g/mol. The second-order valence-electron chi connectivity index (χ2n) is 8.59. The highest BCUT2D eigenvalue weighted by molar-refractivity contribution is 5.84. The highest BCUT2D eigenvalue weighted by atomic mass is 16.5. The number of aromatic nitrogens is 1. The number of aliphatic imine (C=N–C) groups is 1. The number of fused-ring (bicyclic) bond motifs is 1. The summed E-state index contributed by atoms with van der Waals surface area (Å²) in [5.41, 5.74) is 6.19. The van der Waals surface area contributed by atoms with Gasteiger partial charge in [-0.25, -0.2) is 4.99 Å². The molecule has 0 radical (unpaired) electrons. The molecular formula is C27H36N4O2. The largest absolute Gasteiger partial charge is 0.381 e. The van der Waals surface area contributed by atoms with E-state index < -0.39 is 0 Å². The van der Waals surface area contributed by atoms with Crippen LogP contribution in [0.15, 0.2) is 53.5 Å². The fourth-order valence-corrected chi connectivity index (χ4v) is 4.35. The SMILES string of the molecule is CCNC(=NCc1cccc(COC2CCOCC2)c1)NCCc1c(C)[nH]c2ccccc12. The van der Waals surface area contributed by atoms with Crippen LogP contribution in [-0.4, -0.2) is 43.4 Å². The van der Waals surface area contributed by atoms with Crippen molar-refractivity contribution in [2.24, 2.45) is 4.99 Å². The molecule has 0 atom stereocenters. The van der Waals surface area contributed by atoms with E-state index in [-0.39, 0.29) is 0 Å². The minimum atomic E-state index is 0.311. The quantitative estimate of drug-likeness (QED) is 0.334. The molecule has 0 spiro atoms. The van der Waals surface area contributed by atoms with Crippen LogP contribution in [0.3, 0.4) is 0 Å². The van der Waals surface area contributed by atoms with Gasteiger partial charge in [-0.1, -0.05) is 42.5 Å². The van der Waals surface area contributed by atoms with Crippen LogP contribution < -0.4 is 10.6 Å². The summed E-state index contributed by atoms with van der Waals surface area (Å²) in [4.78, 5) is 8.29. The summed E-state index contributed by atoms with van der Waals surface area (Å²) in [6, 6.07) is 17.0. The monoisotopic (exact) mass is 448 g/mol. The highest BCUT2D eigenvalue weighted by Gasteiger charge is 2.14. The molecule has 0 aliphatic carbocycles. The zero-order valence-electron chi connectivity index (χ0n) is 19.8.